The van der Waals surface area contributed by atoms with Crippen LogP contribution < -0.4 is 5.32 Å². The van der Waals surface area contributed by atoms with Gasteiger partial charge < -0.3 is 15.0 Å². The van der Waals surface area contributed by atoms with Gasteiger partial charge in [0.1, 0.15) is 0 Å². The Labute approximate surface area is 225 Å². The maximum absolute atomic E-state index is 12.8. The van der Waals surface area contributed by atoms with Gasteiger partial charge in [0.05, 0.1) is 6.61 Å². The molecule has 0 fully saturated rings. The molecule has 1 amide bonds. The van der Waals surface area contributed by atoms with Crippen LogP contribution in [0.5, 0.6) is 0 Å². The zero-order valence-electron chi connectivity index (χ0n) is 24.5. The highest BCUT2D eigenvalue weighted by Crippen LogP contribution is 2.26. The van der Waals surface area contributed by atoms with Gasteiger partial charge in [-0.2, -0.15) is 0 Å². The standard InChI is InChI=1S/C32H62N2O2/c1-4-5-6-7-8-9-10-11-12-13-14-15-16-17-18-21-26-33-32(35)31-25-20-19-24-30(31)29-36-28-23-22-27-34(2)3/h19-20,30-31H,4-18,21-29H2,1-3H3,(H,33,35). The number of rotatable bonds is 25. The van der Waals surface area contributed by atoms with Crippen molar-refractivity contribution in [3.63, 3.8) is 0 Å². The van der Waals surface area contributed by atoms with Crippen LogP contribution in [0, 0.1) is 11.8 Å². The average Bonchev–Trinajstić information content (AvgIpc) is 2.88. The molecule has 1 N–H and O–H groups in total. The summed E-state index contributed by atoms with van der Waals surface area (Å²) in [5.41, 5.74) is 0. The van der Waals surface area contributed by atoms with Crippen LogP contribution in [0.4, 0.5) is 0 Å². The maximum Gasteiger partial charge on any atom is 0.223 e. The lowest BCUT2D eigenvalue weighted by Crippen LogP contribution is -2.38. The van der Waals surface area contributed by atoms with Gasteiger partial charge >= 0.3 is 0 Å². The first-order valence-corrected chi connectivity index (χ1v) is 15.8. The SMILES string of the molecule is CCCCCCCCCCCCCCCCCCNC(=O)C1CC=CCC1COCCCCN(C)C. The van der Waals surface area contributed by atoms with Crippen molar-refractivity contribution in [1.29, 1.82) is 0 Å². The lowest BCUT2D eigenvalue weighted by Gasteiger charge is -2.27. The normalized spacial score (nSPS) is 17.7. The minimum Gasteiger partial charge on any atom is -0.381 e. The molecule has 2 atom stereocenters. The lowest BCUT2D eigenvalue weighted by molar-refractivity contribution is -0.127. The van der Waals surface area contributed by atoms with E-state index in [9.17, 15) is 4.79 Å². The third kappa shape index (κ3) is 19.3. The van der Waals surface area contributed by atoms with Gasteiger partial charge in [-0.15, -0.1) is 0 Å². The summed E-state index contributed by atoms with van der Waals surface area (Å²) in [7, 11) is 4.22. The molecule has 1 rings (SSSR count). The quantitative estimate of drug-likeness (QED) is 0.1000. The van der Waals surface area contributed by atoms with Crippen molar-refractivity contribution in [2.24, 2.45) is 11.8 Å². The fourth-order valence-corrected chi connectivity index (χ4v) is 5.26. The van der Waals surface area contributed by atoms with Gasteiger partial charge in [-0.3, -0.25) is 4.79 Å². The van der Waals surface area contributed by atoms with Crippen LogP contribution in [0.3, 0.4) is 0 Å². The van der Waals surface area contributed by atoms with Gasteiger partial charge in [0.25, 0.3) is 0 Å². The van der Waals surface area contributed by atoms with Crippen LogP contribution in [0.25, 0.3) is 0 Å². The number of carbonyl (C=O) groups is 1. The van der Waals surface area contributed by atoms with Crippen LogP contribution in [-0.4, -0.2) is 51.2 Å². The Morgan fingerprint density at radius 2 is 1.28 bits per heavy atom. The number of ether oxygens (including phenoxy) is 1. The molecule has 0 saturated heterocycles. The number of carbonyl (C=O) groups excluding carboxylic acids is 1. The predicted octanol–water partition coefficient (Wildman–Crippen LogP) is 8.30. The number of nitrogens with one attached hydrogen (secondary N) is 1. The lowest BCUT2D eigenvalue weighted by atomic mass is 9.83. The molecular formula is C32H62N2O2. The van der Waals surface area contributed by atoms with Gasteiger partial charge in [0.15, 0.2) is 0 Å². The Morgan fingerprint density at radius 3 is 1.83 bits per heavy atom. The van der Waals surface area contributed by atoms with Crippen LogP contribution in [0.1, 0.15) is 135 Å². The summed E-state index contributed by atoms with van der Waals surface area (Å²) in [5, 5.41) is 3.22. The Balaban J connectivity index is 1.93. The largest absolute Gasteiger partial charge is 0.381 e. The minimum atomic E-state index is 0.0813. The van der Waals surface area contributed by atoms with Crippen molar-refractivity contribution in [2.45, 2.75) is 135 Å². The number of hydrogen-bond donors (Lipinski definition) is 1. The van der Waals surface area contributed by atoms with E-state index in [1.807, 2.05) is 0 Å². The van der Waals surface area contributed by atoms with E-state index in [4.69, 9.17) is 4.74 Å². The number of unbranched alkanes of at least 4 members (excludes halogenated alkanes) is 16. The second-order valence-corrected chi connectivity index (χ2v) is 11.5. The number of nitrogens with zero attached hydrogens (tertiary/aromatic N) is 1. The Kier molecular flexibility index (Phi) is 22.5. The Bertz CT molecular complexity index is 520. The summed E-state index contributed by atoms with van der Waals surface area (Å²) in [6.07, 6.45) is 30.6. The van der Waals surface area contributed by atoms with Crippen LogP contribution in [0.15, 0.2) is 12.2 Å². The molecule has 0 heterocycles. The molecular weight excluding hydrogens is 444 g/mol. The topological polar surface area (TPSA) is 41.6 Å². The van der Waals surface area contributed by atoms with E-state index in [-0.39, 0.29) is 11.8 Å². The zero-order chi connectivity index (χ0) is 26.1. The van der Waals surface area contributed by atoms with Crippen LogP contribution in [-0.2, 0) is 9.53 Å². The molecule has 4 heteroatoms. The molecule has 0 aromatic rings. The number of amides is 1. The molecule has 0 radical (unpaired) electrons. The predicted molar refractivity (Wildman–Crippen MR) is 157 cm³/mol. The molecule has 0 bridgehead atoms. The maximum atomic E-state index is 12.8. The van der Waals surface area contributed by atoms with Gasteiger partial charge in [0, 0.05) is 19.1 Å². The second-order valence-electron chi connectivity index (χ2n) is 11.5. The molecule has 0 aromatic heterocycles. The minimum absolute atomic E-state index is 0.0813. The first-order chi connectivity index (χ1) is 17.6. The molecule has 0 saturated carbocycles. The van der Waals surface area contributed by atoms with E-state index in [1.165, 1.54) is 103 Å². The fraction of sp³-hybridized carbons (Fsp3) is 0.906. The molecule has 0 aliphatic heterocycles. The van der Waals surface area contributed by atoms with Gasteiger partial charge in [-0.25, -0.2) is 0 Å². The van der Waals surface area contributed by atoms with Gasteiger partial charge in [0.2, 0.25) is 5.91 Å². The smallest absolute Gasteiger partial charge is 0.223 e. The van der Waals surface area contributed by atoms with E-state index < -0.39 is 0 Å². The average molecular weight is 507 g/mol. The van der Waals surface area contributed by atoms with Crippen molar-refractivity contribution in [3.05, 3.63) is 12.2 Å². The fourth-order valence-electron chi connectivity index (χ4n) is 5.26. The molecule has 4 nitrogen and oxygen atoms in total. The third-order valence-electron chi connectivity index (χ3n) is 7.71. The van der Waals surface area contributed by atoms with Crippen molar-refractivity contribution < 1.29 is 9.53 Å². The Morgan fingerprint density at radius 1 is 0.750 bits per heavy atom. The third-order valence-corrected chi connectivity index (χ3v) is 7.71. The molecule has 36 heavy (non-hydrogen) atoms. The van der Waals surface area contributed by atoms with Crippen molar-refractivity contribution in [2.75, 3.05) is 40.4 Å². The van der Waals surface area contributed by atoms with Crippen molar-refractivity contribution in [3.8, 4) is 0 Å². The van der Waals surface area contributed by atoms with Crippen molar-refractivity contribution in [1.82, 2.24) is 10.2 Å². The summed E-state index contributed by atoms with van der Waals surface area (Å²) in [5.74, 6) is 0.647. The summed E-state index contributed by atoms with van der Waals surface area (Å²) >= 11 is 0. The highest BCUT2D eigenvalue weighted by atomic mass is 16.5. The number of hydrogen-bond acceptors (Lipinski definition) is 3. The monoisotopic (exact) mass is 506 g/mol. The summed E-state index contributed by atoms with van der Waals surface area (Å²) in [6.45, 7) is 5.75. The molecule has 1 aliphatic rings. The first kappa shape index (κ1) is 33.2. The molecule has 0 spiro atoms. The van der Waals surface area contributed by atoms with E-state index in [1.54, 1.807) is 0 Å². The van der Waals surface area contributed by atoms with Crippen LogP contribution in [0.2, 0.25) is 0 Å². The Hall–Kier alpha value is -0.870. The highest BCUT2D eigenvalue weighted by Gasteiger charge is 2.28. The van der Waals surface area contributed by atoms with Crippen LogP contribution >= 0.6 is 0 Å². The molecule has 0 aromatic carbocycles. The van der Waals surface area contributed by atoms with Gasteiger partial charge in [-0.1, -0.05) is 115 Å². The first-order valence-electron chi connectivity index (χ1n) is 15.8. The molecule has 1 aliphatic carbocycles. The molecule has 2 unspecified atom stereocenters. The van der Waals surface area contributed by atoms with Crippen molar-refractivity contribution >= 4 is 5.91 Å². The zero-order valence-corrected chi connectivity index (χ0v) is 24.5. The summed E-state index contributed by atoms with van der Waals surface area (Å²) in [6, 6.07) is 0. The van der Waals surface area contributed by atoms with E-state index in [0.29, 0.717) is 12.5 Å². The second kappa shape index (κ2) is 24.5. The molecule has 212 valence electrons. The van der Waals surface area contributed by atoms with E-state index >= 15 is 0 Å². The van der Waals surface area contributed by atoms with Gasteiger partial charge in [-0.05, 0) is 58.7 Å². The summed E-state index contributed by atoms with van der Waals surface area (Å²) in [4.78, 5) is 15.0. The number of allylic oxidation sites excluding steroid dienone is 2. The summed E-state index contributed by atoms with van der Waals surface area (Å²) < 4.78 is 5.94. The highest BCUT2D eigenvalue weighted by molar-refractivity contribution is 5.79. The van der Waals surface area contributed by atoms with E-state index in [0.717, 1.165) is 45.4 Å². The van der Waals surface area contributed by atoms with E-state index in [2.05, 4.69) is 43.4 Å².